The van der Waals surface area contributed by atoms with Gasteiger partial charge in [-0.2, -0.15) is 0 Å². The summed E-state index contributed by atoms with van der Waals surface area (Å²) < 4.78 is 24.6. The topological polar surface area (TPSA) is 54.4 Å². The third-order valence-electron chi connectivity index (χ3n) is 3.27. The van der Waals surface area contributed by atoms with Gasteiger partial charge in [0.2, 0.25) is 0 Å². The van der Waals surface area contributed by atoms with Crippen molar-refractivity contribution < 1.29 is 13.5 Å². The third kappa shape index (κ3) is 3.26. The highest BCUT2D eigenvalue weighted by Crippen LogP contribution is 2.22. The molecular formula is C16H18O3S. The quantitative estimate of drug-likeness (QED) is 0.942. The molecular weight excluding hydrogens is 272 g/mol. The van der Waals surface area contributed by atoms with Gasteiger partial charge in [0.25, 0.3) is 0 Å². The van der Waals surface area contributed by atoms with Crippen LogP contribution in [0.3, 0.4) is 0 Å². The Morgan fingerprint density at radius 2 is 1.75 bits per heavy atom. The first-order valence-corrected chi connectivity index (χ1v) is 8.08. The van der Waals surface area contributed by atoms with Gasteiger partial charge in [-0.3, -0.25) is 0 Å². The van der Waals surface area contributed by atoms with Crippen molar-refractivity contribution in [1.29, 1.82) is 0 Å². The van der Waals surface area contributed by atoms with Crippen molar-refractivity contribution in [3.8, 4) is 0 Å². The maximum absolute atomic E-state index is 12.3. The van der Waals surface area contributed by atoms with E-state index in [-0.39, 0.29) is 10.6 Å². The van der Waals surface area contributed by atoms with Crippen LogP contribution in [0.4, 0.5) is 0 Å². The van der Waals surface area contributed by atoms with E-state index < -0.39 is 15.9 Å². The average Bonchev–Trinajstić information content (AvgIpc) is 2.38. The minimum Gasteiger partial charge on any atom is -0.387 e. The van der Waals surface area contributed by atoms with E-state index in [1.54, 1.807) is 30.3 Å². The first-order valence-electron chi connectivity index (χ1n) is 6.43. The van der Waals surface area contributed by atoms with E-state index in [9.17, 15) is 13.5 Å². The molecule has 0 spiro atoms. The molecule has 0 bridgehead atoms. The molecule has 106 valence electrons. The fourth-order valence-electron chi connectivity index (χ4n) is 2.16. The van der Waals surface area contributed by atoms with Crippen LogP contribution in [0.1, 0.15) is 22.8 Å². The summed E-state index contributed by atoms with van der Waals surface area (Å²) in [6.07, 6.45) is -1.01. The molecule has 1 atom stereocenters. The molecule has 0 radical (unpaired) electrons. The lowest BCUT2D eigenvalue weighted by Crippen LogP contribution is -2.15. The lowest BCUT2D eigenvalue weighted by atomic mass is 10.1. The molecule has 2 rings (SSSR count). The van der Waals surface area contributed by atoms with Crippen molar-refractivity contribution in [2.75, 3.05) is 5.75 Å². The van der Waals surface area contributed by atoms with E-state index in [0.29, 0.717) is 5.56 Å². The van der Waals surface area contributed by atoms with Gasteiger partial charge in [-0.05, 0) is 42.7 Å². The van der Waals surface area contributed by atoms with E-state index >= 15 is 0 Å². The Morgan fingerprint density at radius 3 is 2.40 bits per heavy atom. The van der Waals surface area contributed by atoms with Crippen LogP contribution in [0.5, 0.6) is 0 Å². The first kappa shape index (κ1) is 14.8. The number of benzene rings is 2. The number of aryl methyl sites for hydroxylation is 2. The second kappa shape index (κ2) is 5.77. The number of rotatable bonds is 4. The van der Waals surface area contributed by atoms with Crippen LogP contribution >= 0.6 is 0 Å². The van der Waals surface area contributed by atoms with Gasteiger partial charge in [0.05, 0.1) is 16.8 Å². The second-order valence-electron chi connectivity index (χ2n) is 4.97. The molecule has 0 aliphatic heterocycles. The van der Waals surface area contributed by atoms with Gasteiger partial charge < -0.3 is 5.11 Å². The van der Waals surface area contributed by atoms with Crippen LogP contribution in [0.2, 0.25) is 0 Å². The second-order valence-corrected chi connectivity index (χ2v) is 7.00. The zero-order valence-electron chi connectivity index (χ0n) is 11.6. The molecule has 4 heteroatoms. The number of aliphatic hydroxyl groups excluding tert-OH is 1. The zero-order chi connectivity index (χ0) is 14.8. The minimum absolute atomic E-state index is 0.255. The molecule has 0 saturated heterocycles. The fourth-order valence-corrected chi connectivity index (χ4v) is 3.60. The van der Waals surface area contributed by atoms with Crippen molar-refractivity contribution in [2.24, 2.45) is 0 Å². The van der Waals surface area contributed by atoms with Crippen LogP contribution in [0, 0.1) is 13.8 Å². The summed E-state index contributed by atoms with van der Waals surface area (Å²) in [5.74, 6) is -0.304. The molecule has 0 aliphatic rings. The Labute approximate surface area is 119 Å². The van der Waals surface area contributed by atoms with Crippen LogP contribution in [0.25, 0.3) is 0 Å². The maximum Gasteiger partial charge on any atom is 0.181 e. The van der Waals surface area contributed by atoms with Gasteiger partial charge in [-0.15, -0.1) is 0 Å². The SMILES string of the molecule is Cc1cccc(S(=O)(=O)CC(O)c2ccccc2C)c1. The van der Waals surface area contributed by atoms with Crippen LogP contribution in [-0.2, 0) is 9.84 Å². The van der Waals surface area contributed by atoms with Crippen molar-refractivity contribution in [3.05, 3.63) is 65.2 Å². The number of sulfone groups is 1. The van der Waals surface area contributed by atoms with Crippen LogP contribution in [0.15, 0.2) is 53.4 Å². The smallest absolute Gasteiger partial charge is 0.181 e. The van der Waals surface area contributed by atoms with Crippen molar-refractivity contribution >= 4 is 9.84 Å². The van der Waals surface area contributed by atoms with Crippen molar-refractivity contribution in [2.45, 2.75) is 24.8 Å². The Bertz CT molecular complexity index is 705. The monoisotopic (exact) mass is 290 g/mol. The van der Waals surface area contributed by atoms with Gasteiger partial charge in [-0.1, -0.05) is 36.4 Å². The van der Waals surface area contributed by atoms with Crippen molar-refractivity contribution in [1.82, 2.24) is 0 Å². The predicted octanol–water partition coefficient (Wildman–Crippen LogP) is 2.81. The summed E-state index contributed by atoms with van der Waals surface area (Å²) in [5, 5.41) is 10.2. The molecule has 1 N–H and O–H groups in total. The molecule has 20 heavy (non-hydrogen) atoms. The molecule has 1 unspecified atom stereocenters. The Kier molecular flexibility index (Phi) is 4.26. The molecule has 0 heterocycles. The summed E-state index contributed by atoms with van der Waals surface area (Å²) in [5.41, 5.74) is 2.43. The van der Waals surface area contributed by atoms with Crippen LogP contribution in [-0.4, -0.2) is 19.3 Å². The molecule has 0 fully saturated rings. The highest BCUT2D eigenvalue weighted by Gasteiger charge is 2.21. The molecule has 0 aromatic heterocycles. The fraction of sp³-hybridized carbons (Fsp3) is 0.250. The summed E-state index contributed by atoms with van der Waals surface area (Å²) in [4.78, 5) is 0.255. The zero-order valence-corrected chi connectivity index (χ0v) is 12.4. The summed E-state index contributed by atoms with van der Waals surface area (Å²) >= 11 is 0. The third-order valence-corrected chi connectivity index (χ3v) is 5.00. The van der Waals surface area contributed by atoms with Gasteiger partial charge in [-0.25, -0.2) is 8.42 Å². The first-order chi connectivity index (χ1) is 9.40. The molecule has 0 amide bonds. The molecule has 2 aromatic carbocycles. The van der Waals surface area contributed by atoms with Gasteiger partial charge >= 0.3 is 0 Å². The van der Waals surface area contributed by atoms with Gasteiger partial charge in [0.15, 0.2) is 9.84 Å². The lowest BCUT2D eigenvalue weighted by molar-refractivity contribution is 0.201. The Hall–Kier alpha value is -1.65. The van der Waals surface area contributed by atoms with Crippen molar-refractivity contribution in [3.63, 3.8) is 0 Å². The predicted molar refractivity (Wildman–Crippen MR) is 79.4 cm³/mol. The van der Waals surface area contributed by atoms with E-state index in [1.807, 2.05) is 32.0 Å². The number of hydrogen-bond donors (Lipinski definition) is 1. The highest BCUT2D eigenvalue weighted by atomic mass is 32.2. The van der Waals surface area contributed by atoms with E-state index in [1.165, 1.54) is 0 Å². The molecule has 0 saturated carbocycles. The maximum atomic E-state index is 12.3. The summed E-state index contributed by atoms with van der Waals surface area (Å²) in [6, 6.07) is 14.0. The van der Waals surface area contributed by atoms with Crippen LogP contribution < -0.4 is 0 Å². The van der Waals surface area contributed by atoms with Gasteiger partial charge in [0, 0.05) is 0 Å². The van der Waals surface area contributed by atoms with Gasteiger partial charge in [0.1, 0.15) is 0 Å². The van der Waals surface area contributed by atoms with E-state index in [4.69, 9.17) is 0 Å². The Morgan fingerprint density at radius 1 is 1.05 bits per heavy atom. The molecule has 0 aliphatic carbocycles. The molecule has 2 aromatic rings. The molecule has 3 nitrogen and oxygen atoms in total. The average molecular weight is 290 g/mol. The lowest BCUT2D eigenvalue weighted by Gasteiger charge is -2.14. The van der Waals surface area contributed by atoms with E-state index in [0.717, 1.165) is 11.1 Å². The summed E-state index contributed by atoms with van der Waals surface area (Å²) in [6.45, 7) is 3.70. The standard InChI is InChI=1S/C16H18O3S/c1-12-6-5-8-14(10-12)20(18,19)11-16(17)15-9-4-3-7-13(15)2/h3-10,16-17H,11H2,1-2H3. The minimum atomic E-state index is -3.50. The Balaban J connectivity index is 2.27. The highest BCUT2D eigenvalue weighted by molar-refractivity contribution is 7.91. The normalized spacial score (nSPS) is 13.2. The number of aliphatic hydroxyl groups is 1. The summed E-state index contributed by atoms with van der Waals surface area (Å²) in [7, 11) is -3.50. The largest absolute Gasteiger partial charge is 0.387 e. The number of hydrogen-bond acceptors (Lipinski definition) is 3. The van der Waals surface area contributed by atoms with E-state index in [2.05, 4.69) is 0 Å².